The molecule has 0 bridgehead atoms. The summed E-state index contributed by atoms with van der Waals surface area (Å²) in [6.45, 7) is 8.88. The highest BCUT2D eigenvalue weighted by Crippen LogP contribution is 2.36. The lowest BCUT2D eigenvalue weighted by Crippen LogP contribution is -2.28. The first-order valence-electron chi connectivity index (χ1n) is 7.40. The van der Waals surface area contributed by atoms with Gasteiger partial charge in [-0.2, -0.15) is 13.2 Å². The molecule has 1 heterocycles. The van der Waals surface area contributed by atoms with Crippen molar-refractivity contribution >= 4 is 12.0 Å². The molecule has 1 aliphatic rings. The van der Waals surface area contributed by atoms with E-state index >= 15 is 0 Å². The van der Waals surface area contributed by atoms with Crippen molar-refractivity contribution in [3.63, 3.8) is 0 Å². The van der Waals surface area contributed by atoms with E-state index in [2.05, 4.69) is 20.4 Å². The van der Waals surface area contributed by atoms with Crippen molar-refractivity contribution in [2.45, 2.75) is 20.0 Å². The molecule has 0 aromatic heterocycles. The van der Waals surface area contributed by atoms with E-state index in [-0.39, 0.29) is 17.2 Å². The van der Waals surface area contributed by atoms with Gasteiger partial charge in [-0.25, -0.2) is 0 Å². The standard InChI is InChI=1S/C18H20F3NO/c1-4-16(23)22-11-15(17(2,3)12-22)10-7-13-5-8-14(9-6-13)18(19,20)21/h4-10,15H,1,11-12H2,2-3H3/b10-7+/t15-/m1/s1. The van der Waals surface area contributed by atoms with Crippen LogP contribution in [0, 0.1) is 11.3 Å². The monoisotopic (exact) mass is 323 g/mol. The minimum absolute atomic E-state index is 0.0823. The summed E-state index contributed by atoms with van der Waals surface area (Å²) in [5, 5.41) is 0. The number of amides is 1. The summed E-state index contributed by atoms with van der Waals surface area (Å²) in [5.41, 5.74) is -0.0259. The number of hydrogen-bond donors (Lipinski definition) is 0. The zero-order chi connectivity index (χ0) is 17.3. The highest BCUT2D eigenvalue weighted by atomic mass is 19.4. The molecule has 1 saturated heterocycles. The fourth-order valence-corrected chi connectivity index (χ4v) is 2.79. The molecule has 2 nitrogen and oxygen atoms in total. The summed E-state index contributed by atoms with van der Waals surface area (Å²) < 4.78 is 37.6. The Hall–Kier alpha value is -2.04. The smallest absolute Gasteiger partial charge is 0.338 e. The molecule has 2 rings (SSSR count). The topological polar surface area (TPSA) is 20.3 Å². The molecule has 0 saturated carbocycles. The molecule has 1 aliphatic heterocycles. The Labute approximate surface area is 134 Å². The average molecular weight is 323 g/mol. The third kappa shape index (κ3) is 4.03. The van der Waals surface area contributed by atoms with Crippen molar-refractivity contribution in [2.24, 2.45) is 11.3 Å². The first-order chi connectivity index (χ1) is 10.6. The van der Waals surface area contributed by atoms with Crippen molar-refractivity contribution in [3.05, 3.63) is 54.1 Å². The maximum absolute atomic E-state index is 12.5. The average Bonchev–Trinajstić information content (AvgIpc) is 2.78. The predicted molar refractivity (Wildman–Crippen MR) is 84.5 cm³/mol. The van der Waals surface area contributed by atoms with Crippen molar-refractivity contribution < 1.29 is 18.0 Å². The fourth-order valence-electron chi connectivity index (χ4n) is 2.79. The zero-order valence-corrected chi connectivity index (χ0v) is 13.2. The quantitative estimate of drug-likeness (QED) is 0.756. The van der Waals surface area contributed by atoms with E-state index in [1.165, 1.54) is 18.2 Å². The fraction of sp³-hybridized carbons (Fsp3) is 0.389. The minimum Gasteiger partial charge on any atom is -0.338 e. The van der Waals surface area contributed by atoms with Crippen molar-refractivity contribution in [1.29, 1.82) is 0 Å². The van der Waals surface area contributed by atoms with Gasteiger partial charge in [0.05, 0.1) is 5.56 Å². The van der Waals surface area contributed by atoms with Gasteiger partial charge in [-0.05, 0) is 29.2 Å². The van der Waals surface area contributed by atoms with E-state index < -0.39 is 11.7 Å². The number of alkyl halides is 3. The lowest BCUT2D eigenvalue weighted by atomic mass is 9.81. The Morgan fingerprint density at radius 1 is 1.30 bits per heavy atom. The van der Waals surface area contributed by atoms with Crippen LogP contribution in [0.4, 0.5) is 13.2 Å². The molecule has 124 valence electrons. The first-order valence-corrected chi connectivity index (χ1v) is 7.40. The summed E-state index contributed by atoms with van der Waals surface area (Å²) in [6.07, 6.45) is 0.771. The Kier molecular flexibility index (Phi) is 4.68. The van der Waals surface area contributed by atoms with Crippen LogP contribution < -0.4 is 0 Å². The van der Waals surface area contributed by atoms with Gasteiger partial charge < -0.3 is 4.90 Å². The van der Waals surface area contributed by atoms with E-state index in [0.717, 1.165) is 12.1 Å². The van der Waals surface area contributed by atoms with Gasteiger partial charge in [-0.15, -0.1) is 0 Å². The largest absolute Gasteiger partial charge is 0.416 e. The third-order valence-electron chi connectivity index (χ3n) is 4.26. The Bertz CT molecular complexity index is 614. The number of halogens is 3. The number of carbonyl (C=O) groups excluding carboxylic acids is 1. The number of hydrogen-bond acceptors (Lipinski definition) is 1. The molecule has 0 spiro atoms. The lowest BCUT2D eigenvalue weighted by Gasteiger charge is -2.22. The van der Waals surface area contributed by atoms with E-state index in [9.17, 15) is 18.0 Å². The van der Waals surface area contributed by atoms with Gasteiger partial charge in [0.2, 0.25) is 5.91 Å². The van der Waals surface area contributed by atoms with Crippen LogP contribution in [0.3, 0.4) is 0 Å². The second-order valence-corrected chi connectivity index (χ2v) is 6.50. The van der Waals surface area contributed by atoms with Gasteiger partial charge >= 0.3 is 6.18 Å². The van der Waals surface area contributed by atoms with Crippen LogP contribution in [0.5, 0.6) is 0 Å². The molecular weight excluding hydrogens is 303 g/mol. The molecule has 1 aromatic carbocycles. The molecule has 1 aromatic rings. The maximum atomic E-state index is 12.5. The van der Waals surface area contributed by atoms with E-state index in [4.69, 9.17) is 0 Å². The molecule has 23 heavy (non-hydrogen) atoms. The third-order valence-corrected chi connectivity index (χ3v) is 4.26. The molecule has 1 amide bonds. The number of benzene rings is 1. The molecule has 0 aliphatic carbocycles. The Morgan fingerprint density at radius 3 is 2.43 bits per heavy atom. The molecular formula is C18H20F3NO. The van der Waals surface area contributed by atoms with Crippen molar-refractivity contribution in [2.75, 3.05) is 13.1 Å². The van der Waals surface area contributed by atoms with Gasteiger partial charge in [0, 0.05) is 19.0 Å². The highest BCUT2D eigenvalue weighted by Gasteiger charge is 2.39. The van der Waals surface area contributed by atoms with Crippen LogP contribution in [0.25, 0.3) is 6.08 Å². The van der Waals surface area contributed by atoms with Gasteiger partial charge in [-0.3, -0.25) is 4.79 Å². The summed E-state index contributed by atoms with van der Waals surface area (Å²) >= 11 is 0. The molecule has 5 heteroatoms. The summed E-state index contributed by atoms with van der Waals surface area (Å²) in [7, 11) is 0. The normalized spacial score (nSPS) is 20.9. The molecule has 0 unspecified atom stereocenters. The predicted octanol–water partition coefficient (Wildman–Crippen LogP) is 4.39. The van der Waals surface area contributed by atoms with Gasteiger partial charge in [0.1, 0.15) is 0 Å². The second-order valence-electron chi connectivity index (χ2n) is 6.50. The Balaban J connectivity index is 2.10. The Morgan fingerprint density at radius 2 is 1.91 bits per heavy atom. The van der Waals surface area contributed by atoms with Crippen LogP contribution in [0.2, 0.25) is 0 Å². The second kappa shape index (κ2) is 6.22. The molecule has 1 atom stereocenters. The molecule has 0 radical (unpaired) electrons. The van der Waals surface area contributed by atoms with Crippen LogP contribution in [-0.4, -0.2) is 23.9 Å². The molecule has 0 N–H and O–H groups in total. The highest BCUT2D eigenvalue weighted by molar-refractivity contribution is 5.87. The number of nitrogens with zero attached hydrogens (tertiary/aromatic N) is 1. The van der Waals surface area contributed by atoms with Gasteiger partial charge in [0.25, 0.3) is 0 Å². The van der Waals surface area contributed by atoms with Gasteiger partial charge in [0.15, 0.2) is 0 Å². The van der Waals surface area contributed by atoms with E-state index in [1.807, 2.05) is 12.2 Å². The van der Waals surface area contributed by atoms with E-state index in [1.54, 1.807) is 4.90 Å². The van der Waals surface area contributed by atoms with Crippen LogP contribution in [0.1, 0.15) is 25.0 Å². The zero-order valence-electron chi connectivity index (χ0n) is 13.2. The molecule has 1 fully saturated rings. The minimum atomic E-state index is -4.32. The van der Waals surface area contributed by atoms with Crippen LogP contribution >= 0.6 is 0 Å². The lowest BCUT2D eigenvalue weighted by molar-refractivity contribution is -0.137. The van der Waals surface area contributed by atoms with Gasteiger partial charge in [-0.1, -0.05) is 44.7 Å². The van der Waals surface area contributed by atoms with Crippen LogP contribution in [0.15, 0.2) is 43.0 Å². The summed E-state index contributed by atoms with van der Waals surface area (Å²) in [4.78, 5) is 13.5. The SMILES string of the molecule is C=CC(=O)N1C[C@@H](/C=C/c2ccc(C(F)(F)F)cc2)C(C)(C)C1. The summed E-state index contributed by atoms with van der Waals surface area (Å²) in [5.74, 6) is 0.0530. The van der Waals surface area contributed by atoms with Crippen molar-refractivity contribution in [1.82, 2.24) is 4.90 Å². The maximum Gasteiger partial charge on any atom is 0.416 e. The van der Waals surface area contributed by atoms with E-state index in [0.29, 0.717) is 18.7 Å². The number of rotatable bonds is 3. The van der Waals surface area contributed by atoms with Crippen LogP contribution in [-0.2, 0) is 11.0 Å². The van der Waals surface area contributed by atoms with Crippen molar-refractivity contribution in [3.8, 4) is 0 Å². The first kappa shape index (κ1) is 17.3. The number of likely N-dealkylation sites (tertiary alicyclic amines) is 1. The number of carbonyl (C=O) groups is 1. The summed E-state index contributed by atoms with van der Waals surface area (Å²) in [6, 6.07) is 5.06.